The third-order valence-electron chi connectivity index (χ3n) is 9.84. The third kappa shape index (κ3) is 8.13. The number of fused-ring (bicyclic) bond motifs is 1. The molecule has 278 valence electrons. The van der Waals surface area contributed by atoms with Crippen LogP contribution < -0.4 is 26.2 Å². The Labute approximate surface area is 292 Å². The molecule has 3 amide bonds. The van der Waals surface area contributed by atoms with Crippen molar-refractivity contribution >= 4 is 34.9 Å². The summed E-state index contributed by atoms with van der Waals surface area (Å²) < 4.78 is 42.1. The largest absolute Gasteiger partial charge is 0.471 e. The Kier molecular flexibility index (Phi) is 11.1. The van der Waals surface area contributed by atoms with E-state index in [1.807, 2.05) is 35.2 Å². The van der Waals surface area contributed by atoms with E-state index in [0.29, 0.717) is 37.4 Å². The van der Waals surface area contributed by atoms with E-state index < -0.39 is 42.4 Å². The van der Waals surface area contributed by atoms with Crippen molar-refractivity contribution in [2.45, 2.75) is 87.6 Å². The van der Waals surface area contributed by atoms with Crippen LogP contribution in [0, 0.1) is 0 Å². The molecule has 1 aromatic carbocycles. The summed E-state index contributed by atoms with van der Waals surface area (Å²) in [4.78, 5) is 41.7. The maximum atomic E-state index is 13.5. The molecule has 3 aromatic rings. The summed E-state index contributed by atoms with van der Waals surface area (Å²) >= 11 is 0. The number of urea groups is 1. The first-order chi connectivity index (χ1) is 24.5. The average Bonchev–Trinajstić information content (AvgIpc) is 3.92. The number of anilines is 2. The zero-order valence-corrected chi connectivity index (χ0v) is 28.3. The van der Waals surface area contributed by atoms with E-state index in [-0.39, 0.29) is 67.0 Å². The smallest absolute Gasteiger partial charge is 0.394 e. The standard InChI is InChI=1S/C33H45F3N10O5/c1-2-11-45(30(50)33(34,35)36)23-14-24(27(49)26(23)48)46-18-38-25-28(39-22(17-47)13-19-6-4-3-5-7-19)42-31(43-29(25)46)44-12-9-21(16-44)41-32(51)40-20-8-10-37-15-20/h3-7,18,20-24,26-27,37,47-49H,2,8-17H2,1H3,(H,39,42,43)(H2,40,41,51)/t20?,21-,22+,23+,24-,26-,27+/m1/s1. The number of aromatic nitrogens is 4. The lowest BCUT2D eigenvalue weighted by Crippen LogP contribution is -2.51. The highest BCUT2D eigenvalue weighted by Crippen LogP contribution is 2.38. The lowest BCUT2D eigenvalue weighted by molar-refractivity contribution is -0.190. The molecule has 2 saturated heterocycles. The minimum Gasteiger partial charge on any atom is -0.394 e. The fraction of sp³-hybridized carbons (Fsp3) is 0.606. The van der Waals surface area contributed by atoms with Gasteiger partial charge in [-0.05, 0) is 44.2 Å². The molecule has 3 aliphatic rings. The SMILES string of the molecule is CCCN(C(=O)C(F)(F)F)[C@H]1C[C@@H](n2cnc3c(N[C@H](CO)Cc4ccccc4)nc(N4CC[C@@H](NC(=O)NC5CCNC5)C4)nc32)[C@H](O)[C@@H]1O. The number of amides is 3. The maximum absolute atomic E-state index is 13.5. The molecule has 3 fully saturated rings. The van der Waals surface area contributed by atoms with Crippen LogP contribution in [0.3, 0.4) is 0 Å². The van der Waals surface area contributed by atoms with Gasteiger partial charge in [-0.25, -0.2) is 9.78 Å². The topological polar surface area (TPSA) is 193 Å². The van der Waals surface area contributed by atoms with E-state index in [2.05, 4.69) is 26.3 Å². The number of rotatable bonds is 12. The van der Waals surface area contributed by atoms with E-state index >= 15 is 0 Å². The lowest BCUT2D eigenvalue weighted by atomic mass is 10.1. The van der Waals surface area contributed by atoms with Crippen LogP contribution in [-0.4, -0.2) is 134 Å². The molecule has 2 aliphatic heterocycles. The lowest BCUT2D eigenvalue weighted by Gasteiger charge is -2.31. The van der Waals surface area contributed by atoms with E-state index in [1.165, 1.54) is 10.9 Å². The van der Waals surface area contributed by atoms with Crippen LogP contribution in [-0.2, 0) is 11.2 Å². The molecule has 2 aromatic heterocycles. The zero-order valence-electron chi connectivity index (χ0n) is 28.3. The first-order valence-corrected chi connectivity index (χ1v) is 17.4. The van der Waals surface area contributed by atoms with Gasteiger partial charge in [0.1, 0.15) is 12.2 Å². The van der Waals surface area contributed by atoms with Gasteiger partial charge in [0, 0.05) is 38.3 Å². The summed E-state index contributed by atoms with van der Waals surface area (Å²) in [6.07, 6.45) is -5.03. The quantitative estimate of drug-likeness (QED) is 0.141. The monoisotopic (exact) mass is 718 g/mol. The Morgan fingerprint density at radius 3 is 2.55 bits per heavy atom. The second kappa shape index (κ2) is 15.5. The van der Waals surface area contributed by atoms with Gasteiger partial charge in [0.15, 0.2) is 17.0 Å². The summed E-state index contributed by atoms with van der Waals surface area (Å²) in [6, 6.07) is 6.38. The molecule has 15 nitrogen and oxygen atoms in total. The molecule has 0 radical (unpaired) electrons. The molecule has 1 saturated carbocycles. The second-order valence-electron chi connectivity index (χ2n) is 13.5. The molecule has 1 unspecified atom stereocenters. The van der Waals surface area contributed by atoms with E-state index in [1.54, 1.807) is 6.92 Å². The number of hydrogen-bond acceptors (Lipinski definition) is 11. The minimum absolute atomic E-state index is 0.0576. The van der Waals surface area contributed by atoms with Crippen LogP contribution in [0.25, 0.3) is 11.2 Å². The highest BCUT2D eigenvalue weighted by molar-refractivity contribution is 5.85. The van der Waals surface area contributed by atoms with Crippen LogP contribution in [0.5, 0.6) is 0 Å². The fourth-order valence-electron chi connectivity index (χ4n) is 7.29. The van der Waals surface area contributed by atoms with E-state index in [0.717, 1.165) is 18.5 Å². The summed E-state index contributed by atoms with van der Waals surface area (Å²) in [7, 11) is 0. The highest BCUT2D eigenvalue weighted by atomic mass is 19.4. The molecule has 0 spiro atoms. The van der Waals surface area contributed by atoms with Crippen molar-refractivity contribution in [1.82, 2.24) is 40.4 Å². The molecular formula is C33H45F3N10O5. The predicted octanol–water partition coefficient (Wildman–Crippen LogP) is 0.918. The van der Waals surface area contributed by atoms with E-state index in [9.17, 15) is 38.1 Å². The molecule has 1 aliphatic carbocycles. The number of benzene rings is 1. The van der Waals surface area contributed by atoms with Gasteiger partial charge in [-0.2, -0.15) is 23.1 Å². The predicted molar refractivity (Wildman–Crippen MR) is 181 cm³/mol. The highest BCUT2D eigenvalue weighted by Gasteiger charge is 2.51. The van der Waals surface area contributed by atoms with Crippen LogP contribution in [0.1, 0.15) is 44.2 Å². The Morgan fingerprint density at radius 2 is 1.86 bits per heavy atom. The number of aliphatic hydroxyl groups is 3. The Balaban J connectivity index is 1.30. The summed E-state index contributed by atoms with van der Waals surface area (Å²) in [5.41, 5.74) is 1.49. The van der Waals surface area contributed by atoms with Crippen molar-refractivity contribution in [3.8, 4) is 0 Å². The number of nitrogens with one attached hydrogen (secondary N) is 4. The molecule has 51 heavy (non-hydrogen) atoms. The van der Waals surface area contributed by atoms with Gasteiger partial charge in [0.2, 0.25) is 5.95 Å². The summed E-state index contributed by atoms with van der Waals surface area (Å²) in [5.74, 6) is -1.51. The molecular weight excluding hydrogens is 673 g/mol. The number of nitrogens with zero attached hydrogens (tertiary/aromatic N) is 6. The van der Waals surface area contributed by atoms with Crippen LogP contribution >= 0.6 is 0 Å². The van der Waals surface area contributed by atoms with Crippen LogP contribution in [0.2, 0.25) is 0 Å². The van der Waals surface area contributed by atoms with Crippen molar-refractivity contribution < 1.29 is 38.1 Å². The number of aliphatic hydroxyl groups excluding tert-OH is 3. The average molecular weight is 719 g/mol. The molecule has 7 atom stereocenters. The normalized spacial score (nSPS) is 25.7. The number of hydrogen-bond donors (Lipinski definition) is 7. The van der Waals surface area contributed by atoms with Crippen LogP contribution in [0.15, 0.2) is 36.7 Å². The molecule has 6 rings (SSSR count). The molecule has 18 heteroatoms. The first kappa shape index (κ1) is 36.5. The van der Waals surface area contributed by atoms with Gasteiger partial charge in [-0.1, -0.05) is 37.3 Å². The van der Waals surface area contributed by atoms with Gasteiger partial charge < -0.3 is 51.0 Å². The van der Waals surface area contributed by atoms with Gasteiger partial charge >= 0.3 is 18.1 Å². The fourth-order valence-corrected chi connectivity index (χ4v) is 7.29. The minimum atomic E-state index is -5.15. The Bertz CT molecular complexity index is 1660. The Hall–Kier alpha value is -4.26. The first-order valence-electron chi connectivity index (χ1n) is 17.4. The van der Waals surface area contributed by atoms with Gasteiger partial charge in [0.05, 0.1) is 31.1 Å². The summed E-state index contributed by atoms with van der Waals surface area (Å²) in [6.45, 7) is 3.57. The zero-order chi connectivity index (χ0) is 36.3. The number of halogens is 3. The maximum Gasteiger partial charge on any atom is 0.471 e. The number of imidazole rings is 1. The Morgan fingerprint density at radius 1 is 1.10 bits per heavy atom. The van der Waals surface area contributed by atoms with Crippen LogP contribution in [0.4, 0.5) is 29.7 Å². The number of carbonyl (C=O) groups is 2. The molecule has 7 N–H and O–H groups in total. The third-order valence-corrected chi connectivity index (χ3v) is 9.84. The van der Waals surface area contributed by atoms with Gasteiger partial charge in [-0.15, -0.1) is 0 Å². The van der Waals surface area contributed by atoms with Crippen molar-refractivity contribution in [2.75, 3.05) is 49.5 Å². The summed E-state index contributed by atoms with van der Waals surface area (Å²) in [5, 5.41) is 45.0. The number of alkyl halides is 3. The second-order valence-corrected chi connectivity index (χ2v) is 13.5. The molecule has 4 heterocycles. The van der Waals surface area contributed by atoms with Crippen molar-refractivity contribution in [1.29, 1.82) is 0 Å². The van der Waals surface area contributed by atoms with Crippen molar-refractivity contribution in [3.05, 3.63) is 42.2 Å². The molecule has 0 bridgehead atoms. The number of carbonyl (C=O) groups excluding carboxylic acids is 2. The van der Waals surface area contributed by atoms with Gasteiger partial charge in [0.25, 0.3) is 0 Å². The van der Waals surface area contributed by atoms with Crippen molar-refractivity contribution in [3.63, 3.8) is 0 Å². The van der Waals surface area contributed by atoms with Crippen molar-refractivity contribution in [2.24, 2.45) is 0 Å². The van der Waals surface area contributed by atoms with Gasteiger partial charge in [-0.3, -0.25) is 4.79 Å². The van der Waals surface area contributed by atoms with E-state index in [4.69, 9.17) is 9.97 Å².